The summed E-state index contributed by atoms with van der Waals surface area (Å²) in [7, 11) is 3.14. The van der Waals surface area contributed by atoms with Crippen molar-refractivity contribution >= 4 is 23.8 Å². The molecule has 2 aliphatic heterocycles. The highest BCUT2D eigenvalue weighted by Gasteiger charge is 2.51. The maximum absolute atomic E-state index is 13.4. The minimum Gasteiger partial charge on any atom is -0.497 e. The molecule has 3 heterocycles. The van der Waals surface area contributed by atoms with E-state index in [1.807, 2.05) is 78.9 Å². The van der Waals surface area contributed by atoms with Gasteiger partial charge in [-0.15, -0.1) is 5.06 Å². The van der Waals surface area contributed by atoms with E-state index in [4.69, 9.17) is 33.3 Å². The molecule has 17 heteroatoms. The van der Waals surface area contributed by atoms with Crippen LogP contribution in [0.5, 0.6) is 11.5 Å². The predicted octanol–water partition coefficient (Wildman–Crippen LogP) is 6.19. The van der Waals surface area contributed by atoms with E-state index in [1.165, 1.54) is 6.20 Å². The maximum Gasteiger partial charge on any atom is 0.330 e. The molecule has 0 bridgehead atoms. The van der Waals surface area contributed by atoms with Crippen LogP contribution in [0.15, 0.2) is 125 Å². The van der Waals surface area contributed by atoms with Crippen molar-refractivity contribution < 1.29 is 57.5 Å². The summed E-state index contributed by atoms with van der Waals surface area (Å²) in [4.78, 5) is 83.4. The first-order valence-corrected chi connectivity index (χ1v) is 22.1. The minimum absolute atomic E-state index is 0.161. The molecule has 5 aromatic rings. The van der Waals surface area contributed by atoms with Crippen molar-refractivity contribution in [3.05, 3.63) is 164 Å². The average Bonchev–Trinajstić information content (AvgIpc) is 3.80. The molecule has 17 nitrogen and oxygen atoms in total. The number of nitrogens with one attached hydrogen (secondary N) is 1. The molecule has 2 N–H and O–H groups in total. The van der Waals surface area contributed by atoms with E-state index in [0.29, 0.717) is 46.6 Å². The Kier molecular flexibility index (Phi) is 16.1. The zero-order valence-electron chi connectivity index (χ0n) is 37.2. The van der Waals surface area contributed by atoms with Gasteiger partial charge in [0.15, 0.2) is 12.3 Å². The Morgan fingerprint density at radius 3 is 1.79 bits per heavy atom. The van der Waals surface area contributed by atoms with Crippen LogP contribution in [-0.4, -0.2) is 95.8 Å². The third kappa shape index (κ3) is 11.2. The molecule has 0 saturated carbocycles. The number of aromatic nitrogens is 2. The molecule has 0 aliphatic carbocycles. The maximum atomic E-state index is 13.4. The second-order valence-corrected chi connectivity index (χ2v) is 16.0. The van der Waals surface area contributed by atoms with E-state index >= 15 is 0 Å². The van der Waals surface area contributed by atoms with E-state index in [-0.39, 0.29) is 19.8 Å². The van der Waals surface area contributed by atoms with Crippen LogP contribution < -0.4 is 20.7 Å². The highest BCUT2D eigenvalue weighted by molar-refractivity contribution is 6.20. The molecule has 2 unspecified atom stereocenters. The van der Waals surface area contributed by atoms with Crippen LogP contribution in [0, 0.1) is 0 Å². The summed E-state index contributed by atoms with van der Waals surface area (Å²) in [5.41, 5.74) is 0.0913. The van der Waals surface area contributed by atoms with Crippen molar-refractivity contribution in [2.24, 2.45) is 0 Å². The number of amides is 2. The normalized spacial score (nSPS) is 17.9. The average molecular weight is 920 g/mol. The number of hydrogen-bond donors (Lipinski definition) is 2. The van der Waals surface area contributed by atoms with Crippen molar-refractivity contribution in [1.82, 2.24) is 14.6 Å². The summed E-state index contributed by atoms with van der Waals surface area (Å²) in [5, 5.41) is 10.2. The van der Waals surface area contributed by atoms with Gasteiger partial charge in [0.1, 0.15) is 29.3 Å². The van der Waals surface area contributed by atoms with Gasteiger partial charge in [-0.2, -0.15) is 0 Å². The second kappa shape index (κ2) is 22.5. The summed E-state index contributed by atoms with van der Waals surface area (Å²) in [6.45, 7) is 0.120. The highest BCUT2D eigenvalue weighted by atomic mass is 16.7. The molecule has 67 heavy (non-hydrogen) atoms. The monoisotopic (exact) mass is 919 g/mol. The number of hydrogen-bond acceptors (Lipinski definition) is 13. The number of aromatic amines is 1. The number of carboxylic acid groups (broad SMARTS) is 1. The number of hydroxylamine groups is 2. The quantitative estimate of drug-likeness (QED) is 0.0306. The molecule has 2 amide bonds. The lowest BCUT2D eigenvalue weighted by molar-refractivity contribution is -0.162. The molecule has 0 spiro atoms. The zero-order valence-corrected chi connectivity index (χ0v) is 37.2. The Hall–Kier alpha value is -6.92. The van der Waals surface area contributed by atoms with E-state index < -0.39 is 78.0 Å². The SMILES string of the molecule is COc1ccc(C(OC[C@H]2O[C@@H](n3ccc(=O)[nH]c3=O)C(OCCCCCCCCON3C(=O)c4ccccc4C3=O)C2OC(=O)CCC(=O)O)(c2ccccc2)c2ccc(OC)cc2)cc1. The number of carboxylic acids is 1. The number of imide groups is 1. The Bertz CT molecular complexity index is 2510. The molecular weight excluding hydrogens is 867 g/mol. The lowest BCUT2D eigenvalue weighted by atomic mass is 9.80. The fraction of sp³-hybridized carbons (Fsp3) is 0.360. The number of methoxy groups -OCH3 is 2. The third-order valence-corrected chi connectivity index (χ3v) is 11.7. The number of nitrogens with zero attached hydrogens (tertiary/aromatic N) is 2. The lowest BCUT2D eigenvalue weighted by Gasteiger charge is -2.37. The smallest absolute Gasteiger partial charge is 0.330 e. The number of carbonyl (C=O) groups is 4. The van der Waals surface area contributed by atoms with Gasteiger partial charge in [0.05, 0.1) is 51.4 Å². The summed E-state index contributed by atoms with van der Waals surface area (Å²) in [6, 6.07) is 32.1. The fourth-order valence-corrected chi connectivity index (χ4v) is 8.29. The number of ether oxygens (including phenoxy) is 6. The molecule has 1 fully saturated rings. The molecule has 352 valence electrons. The minimum atomic E-state index is -1.31. The van der Waals surface area contributed by atoms with Crippen LogP contribution >= 0.6 is 0 Å². The first-order valence-electron chi connectivity index (χ1n) is 22.1. The molecule has 0 radical (unpaired) electrons. The Morgan fingerprint density at radius 2 is 1.22 bits per heavy atom. The molecule has 4 aromatic carbocycles. The number of rotatable bonds is 24. The van der Waals surface area contributed by atoms with Crippen LogP contribution in [0.1, 0.15) is 95.0 Å². The van der Waals surface area contributed by atoms with Crippen LogP contribution in [0.2, 0.25) is 0 Å². The highest BCUT2D eigenvalue weighted by Crippen LogP contribution is 2.43. The van der Waals surface area contributed by atoms with Gasteiger partial charge in [0.25, 0.3) is 17.4 Å². The Labute approximate surface area is 386 Å². The lowest BCUT2D eigenvalue weighted by Crippen LogP contribution is -2.43. The molecule has 7 rings (SSSR count). The summed E-state index contributed by atoms with van der Waals surface area (Å²) in [6.07, 6.45) is 0.0945. The first-order chi connectivity index (χ1) is 32.5. The molecule has 2 aliphatic rings. The van der Waals surface area contributed by atoms with Gasteiger partial charge in [-0.25, -0.2) is 4.79 Å². The number of H-pyrrole nitrogens is 1. The van der Waals surface area contributed by atoms with Gasteiger partial charge < -0.3 is 33.5 Å². The van der Waals surface area contributed by atoms with Crippen molar-refractivity contribution in [1.29, 1.82) is 0 Å². The van der Waals surface area contributed by atoms with Crippen molar-refractivity contribution in [3.8, 4) is 11.5 Å². The standard InChI is InChI=1S/C50H53N3O14/c1-61-36-22-18-34(19-23-36)50(33-14-8-7-9-15-33,35-20-24-37(62-2)25-21-35)64-32-40-44(67-43(57)27-26-42(55)56)45(48(66-40)52-29-28-41(54)51-49(52)60)63-30-12-5-3-4-6-13-31-65-53-46(58)38-16-10-11-17-39(38)47(53)59/h7-11,14-25,28-29,40,44-45,48H,3-6,12-13,26-27,30-32H2,1-2H3,(H,55,56)(H,51,54,60)/t40-,44?,45?,48-/m1/s1. The summed E-state index contributed by atoms with van der Waals surface area (Å²) < 4.78 is 38.4. The molecule has 1 saturated heterocycles. The van der Waals surface area contributed by atoms with Crippen LogP contribution in [-0.2, 0) is 39.0 Å². The third-order valence-electron chi connectivity index (χ3n) is 11.7. The van der Waals surface area contributed by atoms with Gasteiger partial charge in [-0.3, -0.25) is 38.4 Å². The summed E-state index contributed by atoms with van der Waals surface area (Å²) >= 11 is 0. The number of unbranched alkanes of at least 4 members (excludes halogenated alkanes) is 5. The van der Waals surface area contributed by atoms with Crippen LogP contribution in [0.4, 0.5) is 0 Å². The molecular formula is C50H53N3O14. The Balaban J connectivity index is 1.09. The number of esters is 1. The number of aliphatic carboxylic acids is 1. The van der Waals surface area contributed by atoms with Crippen molar-refractivity contribution in [2.45, 2.75) is 81.5 Å². The first kappa shape index (κ1) is 48.0. The van der Waals surface area contributed by atoms with E-state index in [9.17, 15) is 33.9 Å². The number of fused-ring (bicyclic) bond motifs is 1. The topological polar surface area (TPSA) is 211 Å². The van der Waals surface area contributed by atoms with E-state index in [2.05, 4.69) is 4.98 Å². The summed E-state index contributed by atoms with van der Waals surface area (Å²) in [5.74, 6) is -1.72. The van der Waals surface area contributed by atoms with Gasteiger partial charge in [-0.1, -0.05) is 92.4 Å². The zero-order chi connectivity index (χ0) is 47.3. The van der Waals surface area contributed by atoms with Gasteiger partial charge >= 0.3 is 17.6 Å². The van der Waals surface area contributed by atoms with Crippen molar-refractivity contribution in [3.63, 3.8) is 0 Å². The van der Waals surface area contributed by atoms with Crippen molar-refractivity contribution in [2.75, 3.05) is 34.0 Å². The largest absolute Gasteiger partial charge is 0.497 e. The Morgan fingerprint density at radius 1 is 0.672 bits per heavy atom. The second-order valence-electron chi connectivity index (χ2n) is 16.0. The van der Waals surface area contributed by atoms with E-state index in [1.54, 1.807) is 38.5 Å². The van der Waals surface area contributed by atoms with Gasteiger partial charge in [0.2, 0.25) is 0 Å². The molecule has 4 atom stereocenters. The number of carbonyl (C=O) groups excluding carboxylic acids is 3. The van der Waals surface area contributed by atoms with Crippen LogP contribution in [0.25, 0.3) is 0 Å². The fourth-order valence-electron chi connectivity index (χ4n) is 8.29. The van der Waals surface area contributed by atoms with Gasteiger partial charge in [-0.05, 0) is 65.9 Å². The van der Waals surface area contributed by atoms with Crippen LogP contribution in [0.3, 0.4) is 0 Å². The molecule has 1 aromatic heterocycles. The van der Waals surface area contributed by atoms with Gasteiger partial charge in [0, 0.05) is 18.9 Å². The van der Waals surface area contributed by atoms with E-state index in [0.717, 1.165) is 46.9 Å². The number of benzene rings is 4. The predicted molar refractivity (Wildman–Crippen MR) is 241 cm³/mol.